The maximum Gasteiger partial charge on any atom is 0.262 e. The third-order valence-electron chi connectivity index (χ3n) is 6.09. The summed E-state index contributed by atoms with van der Waals surface area (Å²) in [6, 6.07) is 15.9. The summed E-state index contributed by atoms with van der Waals surface area (Å²) < 4.78 is 40.8. The average molecular weight is 523 g/mol. The number of thioether (sulfide) groups is 1. The van der Waals surface area contributed by atoms with Gasteiger partial charge in [-0.3, -0.25) is 9.59 Å². The highest BCUT2D eigenvalue weighted by Gasteiger charge is 2.39. The van der Waals surface area contributed by atoms with Gasteiger partial charge in [-0.2, -0.15) is 10.1 Å². The summed E-state index contributed by atoms with van der Waals surface area (Å²) >= 11 is 1.11. The van der Waals surface area contributed by atoms with Gasteiger partial charge in [-0.1, -0.05) is 42.1 Å². The minimum atomic E-state index is -0.774. The van der Waals surface area contributed by atoms with Crippen LogP contribution < -0.4 is 5.32 Å². The number of amides is 2. The highest BCUT2D eigenvalue weighted by atomic mass is 32.2. The summed E-state index contributed by atoms with van der Waals surface area (Å²) in [5.74, 6) is -2.11. The number of amidine groups is 1. The third-order valence-corrected chi connectivity index (χ3v) is 7.24. The molecule has 1 N–H and O–H groups in total. The number of hydrazone groups is 1. The molecule has 0 bridgehead atoms. The molecule has 0 aromatic heterocycles. The zero-order valence-corrected chi connectivity index (χ0v) is 20.4. The lowest BCUT2D eigenvalue weighted by molar-refractivity contribution is -0.121. The maximum atomic E-state index is 13.8. The van der Waals surface area contributed by atoms with Gasteiger partial charge in [-0.05, 0) is 60.0 Å². The third kappa shape index (κ3) is 5.43. The minimum Gasteiger partial charge on any atom is -0.326 e. The van der Waals surface area contributed by atoms with Crippen molar-refractivity contribution in [3.63, 3.8) is 0 Å². The van der Waals surface area contributed by atoms with Gasteiger partial charge in [0.1, 0.15) is 22.7 Å². The van der Waals surface area contributed by atoms with E-state index >= 15 is 0 Å². The summed E-state index contributed by atoms with van der Waals surface area (Å²) in [6.07, 6.45) is 0.269. The Morgan fingerprint density at radius 3 is 2.38 bits per heavy atom. The number of aliphatic imine (C=N–C) groups is 1. The molecule has 6 nitrogen and oxygen atoms in total. The normalized spacial score (nSPS) is 19.1. The van der Waals surface area contributed by atoms with Gasteiger partial charge in [0.2, 0.25) is 5.91 Å². The quantitative estimate of drug-likeness (QED) is 0.474. The number of rotatable bonds is 5. The average Bonchev–Trinajstić information content (AvgIpc) is 3.46. The number of anilines is 1. The Balaban J connectivity index is 1.34. The largest absolute Gasteiger partial charge is 0.326 e. The van der Waals surface area contributed by atoms with E-state index in [0.29, 0.717) is 34.1 Å². The molecular formula is C27H21F3N4O2S. The van der Waals surface area contributed by atoms with E-state index in [1.165, 1.54) is 30.3 Å². The van der Waals surface area contributed by atoms with Crippen LogP contribution in [0.2, 0.25) is 0 Å². The highest BCUT2D eigenvalue weighted by molar-refractivity contribution is 8.15. The van der Waals surface area contributed by atoms with Crippen LogP contribution in [0.15, 0.2) is 76.8 Å². The molecule has 2 aliphatic rings. The van der Waals surface area contributed by atoms with Crippen molar-refractivity contribution in [3.05, 3.63) is 101 Å². The second-order valence-electron chi connectivity index (χ2n) is 8.73. The summed E-state index contributed by atoms with van der Waals surface area (Å²) in [4.78, 5) is 29.4. The number of hydrogen-bond acceptors (Lipinski definition) is 5. The molecule has 0 saturated heterocycles. The van der Waals surface area contributed by atoms with Gasteiger partial charge in [-0.25, -0.2) is 18.2 Å². The zero-order valence-electron chi connectivity index (χ0n) is 19.6. The lowest BCUT2D eigenvalue weighted by Crippen LogP contribution is -2.25. The lowest BCUT2D eigenvalue weighted by Gasteiger charge is -2.23. The van der Waals surface area contributed by atoms with Crippen molar-refractivity contribution in [3.8, 4) is 0 Å². The summed E-state index contributed by atoms with van der Waals surface area (Å²) in [5, 5.41) is 8.42. The van der Waals surface area contributed by atoms with Crippen molar-refractivity contribution >= 4 is 40.1 Å². The van der Waals surface area contributed by atoms with Crippen molar-refractivity contribution in [1.29, 1.82) is 0 Å². The molecule has 2 atom stereocenters. The van der Waals surface area contributed by atoms with E-state index in [1.807, 2.05) is 0 Å². The van der Waals surface area contributed by atoms with Gasteiger partial charge in [0.15, 0.2) is 5.17 Å². The van der Waals surface area contributed by atoms with E-state index in [0.717, 1.165) is 17.3 Å². The molecule has 0 fully saturated rings. The Bertz CT molecular complexity index is 1420. The van der Waals surface area contributed by atoms with Crippen molar-refractivity contribution in [1.82, 2.24) is 5.01 Å². The predicted octanol–water partition coefficient (Wildman–Crippen LogP) is 5.59. The topological polar surface area (TPSA) is 74.1 Å². The van der Waals surface area contributed by atoms with E-state index in [1.54, 1.807) is 48.3 Å². The number of nitrogens with zero attached hydrogens (tertiary/aromatic N) is 3. The summed E-state index contributed by atoms with van der Waals surface area (Å²) in [6.45, 7) is 1.62. The second kappa shape index (κ2) is 10.2. The number of halogens is 3. The predicted molar refractivity (Wildman–Crippen MR) is 137 cm³/mol. The molecular weight excluding hydrogens is 501 g/mol. The second-order valence-corrected chi connectivity index (χ2v) is 9.89. The smallest absolute Gasteiger partial charge is 0.262 e. The monoisotopic (exact) mass is 522 g/mol. The Hall–Kier alpha value is -3.92. The Kier molecular flexibility index (Phi) is 6.84. The Labute approximate surface area is 215 Å². The lowest BCUT2D eigenvalue weighted by atomic mass is 9.98. The molecule has 3 aromatic carbocycles. The summed E-state index contributed by atoms with van der Waals surface area (Å²) in [5.41, 5.74) is 2.90. The first-order chi connectivity index (χ1) is 17.8. The first-order valence-electron chi connectivity index (χ1n) is 11.5. The molecule has 37 heavy (non-hydrogen) atoms. The van der Waals surface area contributed by atoms with Gasteiger partial charge < -0.3 is 5.32 Å². The standard InChI is InChI=1S/C27H21F3N4O2S/c1-15-2-11-20(12-21(15)30)31-25(35)14-24-26(36)32-27(37-24)34-23(17-5-9-19(29)10-6-17)13-22(33-34)16-3-7-18(28)8-4-16/h2-12,23-24H,13-14H2,1H3,(H,31,35). The molecule has 0 spiro atoms. The Morgan fingerprint density at radius 1 is 1.03 bits per heavy atom. The molecule has 0 aliphatic carbocycles. The fourth-order valence-corrected chi connectivity index (χ4v) is 5.17. The van der Waals surface area contributed by atoms with Crippen LogP contribution in [0.4, 0.5) is 18.9 Å². The van der Waals surface area contributed by atoms with Gasteiger partial charge in [0, 0.05) is 18.5 Å². The van der Waals surface area contributed by atoms with E-state index in [4.69, 9.17) is 0 Å². The van der Waals surface area contributed by atoms with E-state index in [-0.39, 0.29) is 24.1 Å². The molecule has 2 unspecified atom stereocenters. The van der Waals surface area contributed by atoms with Crippen LogP contribution in [-0.2, 0) is 9.59 Å². The molecule has 10 heteroatoms. The van der Waals surface area contributed by atoms with Gasteiger partial charge >= 0.3 is 0 Å². The zero-order chi connectivity index (χ0) is 26.1. The maximum absolute atomic E-state index is 13.8. The van der Waals surface area contributed by atoms with Gasteiger partial charge in [0.25, 0.3) is 5.91 Å². The fourth-order valence-electron chi connectivity index (χ4n) is 4.10. The fraction of sp³-hybridized carbons (Fsp3) is 0.185. The molecule has 2 heterocycles. The van der Waals surface area contributed by atoms with Gasteiger partial charge in [-0.15, -0.1) is 0 Å². The molecule has 0 radical (unpaired) electrons. The Morgan fingerprint density at radius 2 is 1.70 bits per heavy atom. The molecule has 0 saturated carbocycles. The number of benzene rings is 3. The van der Waals surface area contributed by atoms with Crippen molar-refractivity contribution in [2.75, 3.05) is 5.32 Å². The first kappa shape index (κ1) is 24.8. The molecule has 3 aromatic rings. The summed E-state index contributed by atoms with van der Waals surface area (Å²) in [7, 11) is 0. The van der Waals surface area contributed by atoms with Crippen molar-refractivity contribution in [2.24, 2.45) is 10.1 Å². The molecule has 5 rings (SSSR count). The van der Waals surface area contributed by atoms with E-state index in [9.17, 15) is 22.8 Å². The van der Waals surface area contributed by atoms with Gasteiger partial charge in [0.05, 0.1) is 11.8 Å². The first-order valence-corrected chi connectivity index (χ1v) is 12.4. The van der Waals surface area contributed by atoms with Crippen molar-refractivity contribution < 1.29 is 22.8 Å². The molecule has 188 valence electrons. The number of nitrogens with one attached hydrogen (secondary N) is 1. The number of hydrogen-bond donors (Lipinski definition) is 1. The molecule has 2 aliphatic heterocycles. The van der Waals surface area contributed by atoms with Crippen LogP contribution in [-0.4, -0.2) is 33.0 Å². The van der Waals surface area contributed by atoms with Crippen molar-refractivity contribution in [2.45, 2.75) is 31.1 Å². The van der Waals surface area contributed by atoms with Crippen LogP contribution in [0.1, 0.15) is 35.6 Å². The molecule has 2 amide bonds. The number of aryl methyl sites for hydroxylation is 1. The number of carbonyl (C=O) groups excluding carboxylic acids is 2. The highest BCUT2D eigenvalue weighted by Crippen LogP contribution is 2.38. The van der Waals surface area contributed by atoms with Crippen LogP contribution in [0.25, 0.3) is 0 Å². The van der Waals surface area contributed by atoms with Crippen LogP contribution in [0, 0.1) is 24.4 Å². The van der Waals surface area contributed by atoms with Crippen LogP contribution in [0.3, 0.4) is 0 Å². The van der Waals surface area contributed by atoms with Crippen LogP contribution >= 0.6 is 11.8 Å². The van der Waals surface area contributed by atoms with E-state index in [2.05, 4.69) is 15.4 Å². The number of carbonyl (C=O) groups is 2. The SMILES string of the molecule is Cc1ccc(NC(=O)CC2SC(N3N=C(c4ccc(F)cc4)CC3c3ccc(F)cc3)=NC2=O)cc1F. The van der Waals surface area contributed by atoms with Crippen LogP contribution in [0.5, 0.6) is 0 Å². The van der Waals surface area contributed by atoms with E-state index < -0.39 is 22.9 Å². The minimum absolute atomic E-state index is 0.157.